The van der Waals surface area contributed by atoms with E-state index in [-0.39, 0.29) is 6.04 Å². The van der Waals surface area contributed by atoms with Crippen LogP contribution >= 0.6 is 0 Å². The molecule has 0 N–H and O–H groups in total. The molecule has 3 rings (SSSR count). The number of hydrogen-bond acceptors (Lipinski definition) is 3. The molecule has 2 aromatic carbocycles. The zero-order valence-corrected chi connectivity index (χ0v) is 15.1. The van der Waals surface area contributed by atoms with E-state index >= 15 is 0 Å². The lowest BCUT2D eigenvalue weighted by molar-refractivity contribution is 0.284. The molecule has 2 aromatic rings. The Kier molecular flexibility index (Phi) is 4.65. The van der Waals surface area contributed by atoms with Gasteiger partial charge in [-0.3, -0.25) is 0 Å². The van der Waals surface area contributed by atoms with E-state index in [2.05, 4.69) is 0 Å². The first-order valence-corrected chi connectivity index (χ1v) is 9.64. The van der Waals surface area contributed by atoms with E-state index in [1.54, 1.807) is 23.5 Å². The van der Waals surface area contributed by atoms with E-state index < -0.39 is 10.0 Å². The third-order valence-electron chi connectivity index (χ3n) is 4.70. The largest absolute Gasteiger partial charge is 0.497 e. The Morgan fingerprint density at radius 1 is 1.12 bits per heavy atom. The van der Waals surface area contributed by atoms with Gasteiger partial charge in [-0.15, -0.1) is 0 Å². The van der Waals surface area contributed by atoms with Crippen LogP contribution in [0.3, 0.4) is 0 Å². The van der Waals surface area contributed by atoms with Gasteiger partial charge in [-0.25, -0.2) is 8.42 Å². The Hall–Kier alpha value is -1.85. The number of rotatable bonds is 4. The average molecular weight is 345 g/mol. The fraction of sp³-hybridized carbons (Fsp3) is 0.368. The van der Waals surface area contributed by atoms with Gasteiger partial charge in [-0.1, -0.05) is 30.7 Å². The van der Waals surface area contributed by atoms with Crippen LogP contribution in [-0.4, -0.2) is 25.9 Å². The number of fused-ring (bicyclic) bond motifs is 1. The van der Waals surface area contributed by atoms with E-state index in [9.17, 15) is 8.42 Å². The molecule has 24 heavy (non-hydrogen) atoms. The molecular weight excluding hydrogens is 322 g/mol. The molecule has 0 saturated heterocycles. The lowest BCUT2D eigenvalue weighted by Gasteiger charge is -2.35. The molecule has 0 amide bonds. The number of benzene rings is 2. The predicted octanol–water partition coefficient (Wildman–Crippen LogP) is 3.53. The SMILES string of the molecule is CCC1Cc2cc(OC)ccc2CN1S(=O)(=O)c1ccc(C)cc1. The molecule has 1 aliphatic rings. The van der Waals surface area contributed by atoms with E-state index in [1.807, 2.05) is 44.2 Å². The van der Waals surface area contributed by atoms with Crippen LogP contribution in [-0.2, 0) is 23.0 Å². The van der Waals surface area contributed by atoms with Crippen LogP contribution < -0.4 is 4.74 Å². The van der Waals surface area contributed by atoms with E-state index in [1.165, 1.54) is 5.56 Å². The van der Waals surface area contributed by atoms with Crippen molar-refractivity contribution in [2.24, 2.45) is 0 Å². The highest BCUT2D eigenvalue weighted by Crippen LogP contribution is 2.32. The van der Waals surface area contributed by atoms with Gasteiger partial charge in [0.25, 0.3) is 0 Å². The highest BCUT2D eigenvalue weighted by molar-refractivity contribution is 7.89. The molecule has 1 aliphatic heterocycles. The Morgan fingerprint density at radius 3 is 2.46 bits per heavy atom. The van der Waals surface area contributed by atoms with Crippen LogP contribution in [0.1, 0.15) is 30.0 Å². The third kappa shape index (κ3) is 3.06. The van der Waals surface area contributed by atoms with Crippen LogP contribution in [0.4, 0.5) is 0 Å². The van der Waals surface area contributed by atoms with E-state index in [0.717, 1.165) is 23.3 Å². The van der Waals surface area contributed by atoms with Gasteiger partial charge in [0.05, 0.1) is 12.0 Å². The highest BCUT2D eigenvalue weighted by Gasteiger charge is 2.34. The van der Waals surface area contributed by atoms with Gasteiger partial charge in [0.1, 0.15) is 5.75 Å². The number of aryl methyl sites for hydroxylation is 1. The van der Waals surface area contributed by atoms with Crippen molar-refractivity contribution in [1.29, 1.82) is 0 Å². The summed E-state index contributed by atoms with van der Waals surface area (Å²) in [5.41, 5.74) is 3.28. The van der Waals surface area contributed by atoms with Crippen molar-refractivity contribution in [2.75, 3.05) is 7.11 Å². The van der Waals surface area contributed by atoms with E-state index in [4.69, 9.17) is 4.74 Å². The summed E-state index contributed by atoms with van der Waals surface area (Å²) in [5.74, 6) is 0.818. The summed E-state index contributed by atoms with van der Waals surface area (Å²) in [6, 6.07) is 12.9. The predicted molar refractivity (Wildman–Crippen MR) is 94.7 cm³/mol. The maximum atomic E-state index is 13.1. The molecule has 1 unspecified atom stereocenters. The van der Waals surface area contributed by atoms with Gasteiger partial charge in [-0.05, 0) is 55.2 Å². The maximum absolute atomic E-state index is 13.1. The molecule has 0 bridgehead atoms. The van der Waals surface area contributed by atoms with Crippen molar-refractivity contribution >= 4 is 10.0 Å². The summed E-state index contributed by atoms with van der Waals surface area (Å²) in [5, 5.41) is 0. The lowest BCUT2D eigenvalue weighted by atomic mass is 9.94. The van der Waals surface area contributed by atoms with Crippen LogP contribution in [0.25, 0.3) is 0 Å². The zero-order valence-electron chi connectivity index (χ0n) is 14.3. The Bertz CT molecular complexity index is 828. The average Bonchev–Trinajstić information content (AvgIpc) is 2.60. The molecule has 0 fully saturated rings. The summed E-state index contributed by atoms with van der Waals surface area (Å²) >= 11 is 0. The zero-order chi connectivity index (χ0) is 17.3. The molecule has 1 atom stereocenters. The highest BCUT2D eigenvalue weighted by atomic mass is 32.2. The molecule has 0 radical (unpaired) electrons. The lowest BCUT2D eigenvalue weighted by Crippen LogP contribution is -2.43. The molecule has 4 nitrogen and oxygen atoms in total. The van der Waals surface area contributed by atoms with Gasteiger partial charge in [-0.2, -0.15) is 4.31 Å². The Labute approximate surface area is 144 Å². The van der Waals surface area contributed by atoms with Crippen molar-refractivity contribution in [3.05, 3.63) is 59.2 Å². The second-order valence-electron chi connectivity index (χ2n) is 6.26. The first-order valence-electron chi connectivity index (χ1n) is 8.20. The fourth-order valence-corrected chi connectivity index (χ4v) is 4.88. The number of methoxy groups -OCH3 is 1. The molecule has 5 heteroatoms. The summed E-state index contributed by atoms with van der Waals surface area (Å²) in [4.78, 5) is 0.364. The Balaban J connectivity index is 1.98. The normalized spacial score (nSPS) is 18.2. The standard InChI is InChI=1S/C19H23NO3S/c1-4-17-11-16-12-18(23-3)8-7-15(16)13-20(17)24(21,22)19-9-5-14(2)6-10-19/h5-10,12,17H,4,11,13H2,1-3H3. The topological polar surface area (TPSA) is 46.6 Å². The minimum atomic E-state index is -3.50. The minimum absolute atomic E-state index is 0.0316. The number of sulfonamides is 1. The summed E-state index contributed by atoms with van der Waals surface area (Å²) in [7, 11) is -1.85. The minimum Gasteiger partial charge on any atom is -0.497 e. The molecule has 1 heterocycles. The molecule has 0 aliphatic carbocycles. The van der Waals surface area contributed by atoms with Gasteiger partial charge in [0.15, 0.2) is 0 Å². The van der Waals surface area contributed by atoms with Crippen LogP contribution in [0.2, 0.25) is 0 Å². The second-order valence-corrected chi connectivity index (χ2v) is 8.15. The molecule has 0 spiro atoms. The van der Waals surface area contributed by atoms with Gasteiger partial charge in [0, 0.05) is 12.6 Å². The quantitative estimate of drug-likeness (QED) is 0.852. The van der Waals surface area contributed by atoms with Crippen LogP contribution in [0.5, 0.6) is 5.75 Å². The smallest absolute Gasteiger partial charge is 0.243 e. The van der Waals surface area contributed by atoms with Gasteiger partial charge in [0.2, 0.25) is 10.0 Å². The molecule has 128 valence electrons. The number of ether oxygens (including phenoxy) is 1. The van der Waals surface area contributed by atoms with Crippen molar-refractivity contribution < 1.29 is 13.2 Å². The van der Waals surface area contributed by atoms with Crippen molar-refractivity contribution in [1.82, 2.24) is 4.31 Å². The van der Waals surface area contributed by atoms with Crippen LogP contribution in [0.15, 0.2) is 47.4 Å². The first-order chi connectivity index (χ1) is 11.5. The summed E-state index contributed by atoms with van der Waals surface area (Å²) in [6.45, 7) is 4.40. The monoisotopic (exact) mass is 345 g/mol. The van der Waals surface area contributed by atoms with Gasteiger partial charge >= 0.3 is 0 Å². The molecule has 0 saturated carbocycles. The molecule has 0 aromatic heterocycles. The Morgan fingerprint density at radius 2 is 1.83 bits per heavy atom. The number of nitrogens with zero attached hydrogens (tertiary/aromatic N) is 1. The first kappa shape index (κ1) is 17.0. The van der Waals surface area contributed by atoms with Gasteiger partial charge < -0.3 is 4.74 Å². The van der Waals surface area contributed by atoms with Crippen molar-refractivity contribution in [2.45, 2.75) is 44.2 Å². The fourth-order valence-electron chi connectivity index (χ4n) is 3.20. The second kappa shape index (κ2) is 6.57. The van der Waals surface area contributed by atoms with Crippen molar-refractivity contribution in [3.63, 3.8) is 0 Å². The maximum Gasteiger partial charge on any atom is 0.243 e. The third-order valence-corrected chi connectivity index (χ3v) is 6.61. The van der Waals surface area contributed by atoms with Crippen LogP contribution in [0, 0.1) is 6.92 Å². The van der Waals surface area contributed by atoms with Crippen molar-refractivity contribution in [3.8, 4) is 5.75 Å². The number of hydrogen-bond donors (Lipinski definition) is 0. The summed E-state index contributed by atoms with van der Waals surface area (Å²) < 4.78 is 33.1. The van der Waals surface area contributed by atoms with E-state index in [0.29, 0.717) is 17.9 Å². The summed E-state index contributed by atoms with van der Waals surface area (Å²) in [6.07, 6.45) is 1.50. The molecular formula is C19H23NO3S.